The van der Waals surface area contributed by atoms with Gasteiger partial charge < -0.3 is 15.4 Å². The quantitative estimate of drug-likeness (QED) is 0.105. The summed E-state index contributed by atoms with van der Waals surface area (Å²) in [5, 5.41) is 19.9. The van der Waals surface area contributed by atoms with Crippen molar-refractivity contribution in [1.82, 2.24) is 15.5 Å². The van der Waals surface area contributed by atoms with Crippen LogP contribution in [0.15, 0.2) is 46.8 Å². The van der Waals surface area contributed by atoms with Crippen LogP contribution in [0.3, 0.4) is 0 Å². The lowest BCUT2D eigenvalue weighted by molar-refractivity contribution is -0.384. The molecule has 0 aliphatic carbocycles. The molecule has 3 rings (SSSR count). The molecule has 1 aliphatic heterocycles. The first-order valence-corrected chi connectivity index (χ1v) is 11.6. The van der Waals surface area contributed by atoms with Gasteiger partial charge in [0.2, 0.25) is 0 Å². The van der Waals surface area contributed by atoms with Crippen LogP contribution in [0, 0.1) is 10.1 Å². The van der Waals surface area contributed by atoms with Crippen molar-refractivity contribution in [1.29, 1.82) is 0 Å². The zero-order chi connectivity index (χ0) is 21.9. The van der Waals surface area contributed by atoms with E-state index in [0.717, 1.165) is 44.1 Å². The number of aliphatic imine (C=N–C) groups is 1. The molecule has 1 fully saturated rings. The number of hydrogen-bond donors (Lipinski definition) is 2. The SMILES string of the molecule is COCCCNC(=NCc1ccc([N+](=O)[O-])cc1)NCC(c1cccs1)N1CCCC1.I. The van der Waals surface area contributed by atoms with Crippen LogP contribution in [-0.4, -0.2) is 55.7 Å². The number of halogens is 1. The number of non-ortho nitro benzene ring substituents is 1. The predicted octanol–water partition coefficient (Wildman–Crippen LogP) is 4.18. The van der Waals surface area contributed by atoms with E-state index < -0.39 is 0 Å². The fraction of sp³-hybridized carbons (Fsp3) is 0.500. The molecule has 2 N–H and O–H groups in total. The number of thiophene rings is 1. The van der Waals surface area contributed by atoms with Gasteiger partial charge in [-0.05, 0) is 49.4 Å². The lowest BCUT2D eigenvalue weighted by Gasteiger charge is -2.27. The van der Waals surface area contributed by atoms with E-state index >= 15 is 0 Å². The Labute approximate surface area is 210 Å². The fourth-order valence-electron chi connectivity index (χ4n) is 3.63. The largest absolute Gasteiger partial charge is 0.385 e. The fourth-order valence-corrected chi connectivity index (χ4v) is 4.49. The van der Waals surface area contributed by atoms with E-state index in [0.29, 0.717) is 19.2 Å². The number of nitro benzene ring substituents is 1. The minimum absolute atomic E-state index is 0. The Morgan fingerprint density at radius 3 is 2.62 bits per heavy atom. The van der Waals surface area contributed by atoms with Crippen LogP contribution >= 0.6 is 35.3 Å². The van der Waals surface area contributed by atoms with E-state index in [4.69, 9.17) is 9.73 Å². The molecule has 32 heavy (non-hydrogen) atoms. The molecule has 1 aliphatic rings. The molecule has 0 bridgehead atoms. The van der Waals surface area contributed by atoms with Gasteiger partial charge in [-0.3, -0.25) is 15.0 Å². The molecular weight excluding hydrogens is 541 g/mol. The van der Waals surface area contributed by atoms with Crippen molar-refractivity contribution in [2.24, 2.45) is 4.99 Å². The molecule has 1 unspecified atom stereocenters. The highest BCUT2D eigenvalue weighted by atomic mass is 127. The standard InChI is InChI=1S/C22H31N5O3S.HI/c1-30-14-5-11-23-22(24-16-18-7-9-19(10-8-18)27(28)29)25-17-20(21-6-4-15-31-21)26-12-2-3-13-26;/h4,6-10,15,20H,2-3,5,11-14,16-17H2,1H3,(H2,23,24,25);1H. The number of ether oxygens (including phenoxy) is 1. The second kappa shape index (κ2) is 14.4. The van der Waals surface area contributed by atoms with E-state index in [1.54, 1.807) is 30.6 Å². The van der Waals surface area contributed by atoms with Crippen LogP contribution in [0.4, 0.5) is 5.69 Å². The third-order valence-electron chi connectivity index (χ3n) is 5.30. The Hall–Kier alpha value is -1.76. The van der Waals surface area contributed by atoms with Crippen LogP contribution in [0.5, 0.6) is 0 Å². The number of methoxy groups -OCH3 is 1. The van der Waals surface area contributed by atoms with Crippen LogP contribution in [-0.2, 0) is 11.3 Å². The normalized spacial score (nSPS) is 15.2. The third kappa shape index (κ3) is 8.30. The van der Waals surface area contributed by atoms with Gasteiger partial charge in [-0.15, -0.1) is 35.3 Å². The summed E-state index contributed by atoms with van der Waals surface area (Å²) in [6.45, 7) is 4.92. The number of nitrogens with zero attached hydrogens (tertiary/aromatic N) is 3. The summed E-state index contributed by atoms with van der Waals surface area (Å²) in [5.74, 6) is 0.746. The number of likely N-dealkylation sites (tertiary alicyclic amines) is 1. The van der Waals surface area contributed by atoms with Gasteiger partial charge in [0, 0.05) is 43.8 Å². The number of guanidine groups is 1. The third-order valence-corrected chi connectivity index (χ3v) is 6.27. The van der Waals surface area contributed by atoms with Gasteiger partial charge in [0.25, 0.3) is 5.69 Å². The van der Waals surface area contributed by atoms with Crippen molar-refractivity contribution in [2.45, 2.75) is 31.8 Å². The highest BCUT2D eigenvalue weighted by Gasteiger charge is 2.24. The van der Waals surface area contributed by atoms with Gasteiger partial charge in [-0.25, -0.2) is 4.99 Å². The molecular formula is C22H32IN5O3S. The van der Waals surface area contributed by atoms with Crippen molar-refractivity contribution in [3.63, 3.8) is 0 Å². The molecule has 2 heterocycles. The van der Waals surface area contributed by atoms with E-state index in [1.807, 2.05) is 0 Å². The Bertz CT molecular complexity index is 827. The van der Waals surface area contributed by atoms with Crippen molar-refractivity contribution in [3.05, 3.63) is 62.3 Å². The Morgan fingerprint density at radius 2 is 2.00 bits per heavy atom. The first-order chi connectivity index (χ1) is 15.2. The number of benzene rings is 1. The second-order valence-electron chi connectivity index (χ2n) is 7.52. The molecule has 176 valence electrons. The van der Waals surface area contributed by atoms with Gasteiger partial charge in [0.1, 0.15) is 0 Å². The van der Waals surface area contributed by atoms with Gasteiger partial charge in [0.05, 0.1) is 17.5 Å². The first-order valence-electron chi connectivity index (χ1n) is 10.7. The van der Waals surface area contributed by atoms with E-state index in [-0.39, 0.29) is 34.6 Å². The summed E-state index contributed by atoms with van der Waals surface area (Å²) in [4.78, 5) is 19.1. The van der Waals surface area contributed by atoms with Crippen LogP contribution in [0.25, 0.3) is 0 Å². The van der Waals surface area contributed by atoms with Gasteiger partial charge in [-0.2, -0.15) is 0 Å². The first kappa shape index (κ1) is 26.5. The van der Waals surface area contributed by atoms with Crippen molar-refractivity contribution in [2.75, 3.05) is 39.9 Å². The molecule has 0 saturated carbocycles. The van der Waals surface area contributed by atoms with E-state index in [1.165, 1.54) is 29.9 Å². The lowest BCUT2D eigenvalue weighted by Crippen LogP contribution is -2.43. The average molecular weight is 574 g/mol. The lowest BCUT2D eigenvalue weighted by atomic mass is 10.2. The Kier molecular flexibility index (Phi) is 11.9. The van der Waals surface area contributed by atoms with Crippen molar-refractivity contribution >= 4 is 47.0 Å². The molecule has 0 amide bonds. The molecule has 0 spiro atoms. The van der Waals surface area contributed by atoms with Gasteiger partial charge in [-0.1, -0.05) is 18.2 Å². The molecule has 2 aromatic rings. The summed E-state index contributed by atoms with van der Waals surface area (Å²) in [7, 11) is 1.70. The maximum Gasteiger partial charge on any atom is 0.269 e. The Balaban J connectivity index is 0.00000363. The molecule has 1 aromatic carbocycles. The summed E-state index contributed by atoms with van der Waals surface area (Å²) in [5.41, 5.74) is 1.02. The molecule has 0 radical (unpaired) electrons. The molecule has 8 nitrogen and oxygen atoms in total. The minimum Gasteiger partial charge on any atom is -0.385 e. The number of nitrogens with one attached hydrogen (secondary N) is 2. The highest BCUT2D eigenvalue weighted by molar-refractivity contribution is 14.0. The number of hydrogen-bond acceptors (Lipinski definition) is 6. The number of nitro groups is 1. The smallest absolute Gasteiger partial charge is 0.269 e. The summed E-state index contributed by atoms with van der Waals surface area (Å²) < 4.78 is 5.14. The Morgan fingerprint density at radius 1 is 1.25 bits per heavy atom. The van der Waals surface area contributed by atoms with E-state index in [2.05, 4.69) is 33.0 Å². The van der Waals surface area contributed by atoms with Crippen LogP contribution in [0.2, 0.25) is 0 Å². The molecule has 1 saturated heterocycles. The van der Waals surface area contributed by atoms with Crippen LogP contribution in [0.1, 0.15) is 35.7 Å². The summed E-state index contributed by atoms with van der Waals surface area (Å²) in [6.07, 6.45) is 3.38. The average Bonchev–Trinajstić information content (AvgIpc) is 3.50. The maximum atomic E-state index is 10.8. The second-order valence-corrected chi connectivity index (χ2v) is 8.50. The van der Waals surface area contributed by atoms with Gasteiger partial charge in [0.15, 0.2) is 5.96 Å². The monoisotopic (exact) mass is 573 g/mol. The summed E-state index contributed by atoms with van der Waals surface area (Å²) >= 11 is 1.79. The predicted molar refractivity (Wildman–Crippen MR) is 140 cm³/mol. The topological polar surface area (TPSA) is 92.0 Å². The summed E-state index contributed by atoms with van der Waals surface area (Å²) in [6, 6.07) is 11.2. The number of rotatable bonds is 11. The zero-order valence-corrected chi connectivity index (χ0v) is 21.5. The van der Waals surface area contributed by atoms with Crippen LogP contribution < -0.4 is 10.6 Å². The molecule has 1 aromatic heterocycles. The minimum atomic E-state index is -0.388. The highest BCUT2D eigenvalue weighted by Crippen LogP contribution is 2.27. The maximum absolute atomic E-state index is 10.8. The zero-order valence-electron chi connectivity index (χ0n) is 18.4. The van der Waals surface area contributed by atoms with Crippen molar-refractivity contribution < 1.29 is 9.66 Å². The molecule has 10 heteroatoms. The van der Waals surface area contributed by atoms with Gasteiger partial charge >= 0.3 is 0 Å². The molecule has 1 atom stereocenters. The van der Waals surface area contributed by atoms with Crippen molar-refractivity contribution in [3.8, 4) is 0 Å². The van der Waals surface area contributed by atoms with E-state index in [9.17, 15) is 10.1 Å².